The molecule has 0 unspecified atom stereocenters. The quantitative estimate of drug-likeness (QED) is 0.894. The van der Waals surface area contributed by atoms with Crippen LogP contribution in [-0.2, 0) is 12.8 Å². The van der Waals surface area contributed by atoms with Crippen molar-refractivity contribution < 1.29 is 9.90 Å². The summed E-state index contributed by atoms with van der Waals surface area (Å²) in [7, 11) is 0. The van der Waals surface area contributed by atoms with Crippen LogP contribution in [0.1, 0.15) is 21.6 Å². The first kappa shape index (κ1) is 13.2. The number of benzene rings is 1. The second-order valence-corrected chi connectivity index (χ2v) is 5.18. The van der Waals surface area contributed by atoms with Crippen LogP contribution in [0.25, 0.3) is 0 Å². The van der Waals surface area contributed by atoms with Gasteiger partial charge in [0.1, 0.15) is 5.69 Å². The Balaban J connectivity index is 2.06. The van der Waals surface area contributed by atoms with Crippen LogP contribution in [0.15, 0.2) is 34.9 Å². The summed E-state index contributed by atoms with van der Waals surface area (Å²) in [6.45, 7) is 0. The van der Waals surface area contributed by atoms with E-state index in [4.69, 9.17) is 16.7 Å². The zero-order valence-corrected chi connectivity index (χ0v) is 11.8. The summed E-state index contributed by atoms with van der Waals surface area (Å²) in [5.74, 6) is -0.951. The maximum absolute atomic E-state index is 10.8. The second-order valence-electron chi connectivity index (χ2n) is 3.95. The van der Waals surface area contributed by atoms with Gasteiger partial charge in [-0.05, 0) is 58.1 Å². The van der Waals surface area contributed by atoms with Crippen LogP contribution in [0.5, 0.6) is 0 Å². The van der Waals surface area contributed by atoms with Crippen molar-refractivity contribution in [1.29, 1.82) is 0 Å². The summed E-state index contributed by atoms with van der Waals surface area (Å²) in [5, 5.41) is 9.59. The van der Waals surface area contributed by atoms with Crippen molar-refractivity contribution in [2.24, 2.45) is 0 Å². The van der Waals surface area contributed by atoms with Gasteiger partial charge >= 0.3 is 5.97 Å². The molecule has 0 radical (unpaired) electrons. The molecule has 0 spiro atoms. The lowest BCUT2D eigenvalue weighted by Crippen LogP contribution is -1.95. The SMILES string of the molecule is O=C(O)c1cc(CCc2ccc(Cl)cc2)c(Br)[nH]1. The summed E-state index contributed by atoms with van der Waals surface area (Å²) >= 11 is 9.15. The van der Waals surface area contributed by atoms with E-state index in [0.717, 1.165) is 28.0 Å². The molecule has 0 bridgehead atoms. The van der Waals surface area contributed by atoms with E-state index in [1.165, 1.54) is 5.56 Å². The number of aromatic carboxylic acids is 1. The van der Waals surface area contributed by atoms with Crippen LogP contribution in [0.2, 0.25) is 5.02 Å². The number of H-pyrrole nitrogens is 1. The van der Waals surface area contributed by atoms with Crippen LogP contribution >= 0.6 is 27.5 Å². The van der Waals surface area contributed by atoms with Crippen LogP contribution < -0.4 is 0 Å². The summed E-state index contributed by atoms with van der Waals surface area (Å²) in [4.78, 5) is 13.6. The number of hydrogen-bond donors (Lipinski definition) is 2. The standard InChI is InChI=1S/C13H11BrClNO2/c14-12-9(7-11(16-12)13(17)18)4-1-8-2-5-10(15)6-3-8/h2-3,5-7,16H,1,4H2,(H,17,18). The number of aromatic nitrogens is 1. The van der Waals surface area contributed by atoms with Gasteiger partial charge in [0.25, 0.3) is 0 Å². The van der Waals surface area contributed by atoms with E-state index >= 15 is 0 Å². The number of carbonyl (C=O) groups is 1. The Morgan fingerprint density at radius 2 is 1.94 bits per heavy atom. The van der Waals surface area contributed by atoms with Crippen molar-refractivity contribution in [1.82, 2.24) is 4.98 Å². The second kappa shape index (κ2) is 5.59. The van der Waals surface area contributed by atoms with Crippen molar-refractivity contribution in [3.05, 3.63) is 56.8 Å². The minimum Gasteiger partial charge on any atom is -0.477 e. The van der Waals surface area contributed by atoms with E-state index in [2.05, 4.69) is 20.9 Å². The molecule has 1 aromatic heterocycles. The van der Waals surface area contributed by atoms with E-state index in [9.17, 15) is 4.79 Å². The smallest absolute Gasteiger partial charge is 0.352 e. The minimum absolute atomic E-state index is 0.202. The molecule has 94 valence electrons. The highest BCUT2D eigenvalue weighted by Gasteiger charge is 2.10. The van der Waals surface area contributed by atoms with Gasteiger partial charge < -0.3 is 10.1 Å². The van der Waals surface area contributed by atoms with E-state index in [-0.39, 0.29) is 5.69 Å². The largest absolute Gasteiger partial charge is 0.477 e. The molecule has 0 aliphatic heterocycles. The molecule has 1 aromatic carbocycles. The summed E-state index contributed by atoms with van der Waals surface area (Å²) in [6.07, 6.45) is 1.61. The normalized spacial score (nSPS) is 10.6. The number of carboxylic acids is 1. The molecule has 5 heteroatoms. The number of aryl methyl sites for hydroxylation is 2. The van der Waals surface area contributed by atoms with Gasteiger partial charge in [-0.25, -0.2) is 4.79 Å². The first-order chi connectivity index (χ1) is 8.56. The van der Waals surface area contributed by atoms with Crippen LogP contribution in [0.3, 0.4) is 0 Å². The van der Waals surface area contributed by atoms with Crippen LogP contribution in [-0.4, -0.2) is 16.1 Å². The van der Waals surface area contributed by atoms with Gasteiger partial charge in [-0.15, -0.1) is 0 Å². The maximum atomic E-state index is 10.8. The lowest BCUT2D eigenvalue weighted by atomic mass is 10.1. The number of rotatable bonds is 4. The first-order valence-corrected chi connectivity index (χ1v) is 6.58. The fourth-order valence-corrected chi connectivity index (χ4v) is 2.35. The highest BCUT2D eigenvalue weighted by atomic mass is 79.9. The lowest BCUT2D eigenvalue weighted by Gasteiger charge is -2.00. The molecule has 0 fully saturated rings. The molecule has 0 aliphatic rings. The van der Waals surface area contributed by atoms with Gasteiger partial charge in [-0.1, -0.05) is 23.7 Å². The van der Waals surface area contributed by atoms with Gasteiger partial charge in [0, 0.05) is 5.02 Å². The number of halogens is 2. The third kappa shape index (κ3) is 3.15. The molecule has 0 aliphatic carbocycles. The molecule has 3 nitrogen and oxygen atoms in total. The zero-order valence-electron chi connectivity index (χ0n) is 9.41. The van der Waals surface area contributed by atoms with Gasteiger partial charge in [0.05, 0.1) is 4.60 Å². The van der Waals surface area contributed by atoms with E-state index in [1.54, 1.807) is 6.07 Å². The van der Waals surface area contributed by atoms with Gasteiger partial charge in [0.2, 0.25) is 0 Å². The first-order valence-electron chi connectivity index (χ1n) is 5.41. The number of nitrogens with one attached hydrogen (secondary N) is 1. The van der Waals surface area contributed by atoms with Crippen LogP contribution in [0.4, 0.5) is 0 Å². The molecule has 2 aromatic rings. The topological polar surface area (TPSA) is 53.1 Å². The number of carboxylic acid groups (broad SMARTS) is 1. The lowest BCUT2D eigenvalue weighted by molar-refractivity contribution is 0.0691. The third-order valence-corrected chi connectivity index (χ3v) is 3.63. The monoisotopic (exact) mass is 327 g/mol. The van der Waals surface area contributed by atoms with Crippen molar-refractivity contribution in [2.45, 2.75) is 12.8 Å². The number of hydrogen-bond acceptors (Lipinski definition) is 1. The van der Waals surface area contributed by atoms with Crippen LogP contribution in [0, 0.1) is 0 Å². The van der Waals surface area contributed by atoms with Gasteiger partial charge in [0.15, 0.2) is 0 Å². The van der Waals surface area contributed by atoms with E-state index in [1.807, 2.05) is 24.3 Å². The minimum atomic E-state index is -0.951. The van der Waals surface area contributed by atoms with Crippen molar-refractivity contribution in [3.8, 4) is 0 Å². The fourth-order valence-electron chi connectivity index (χ4n) is 1.70. The maximum Gasteiger partial charge on any atom is 0.352 e. The summed E-state index contributed by atoms with van der Waals surface area (Å²) < 4.78 is 0.730. The van der Waals surface area contributed by atoms with Crippen molar-refractivity contribution >= 4 is 33.5 Å². The molecule has 0 amide bonds. The molecule has 2 N–H and O–H groups in total. The molecule has 0 atom stereocenters. The number of aromatic amines is 1. The fraction of sp³-hybridized carbons (Fsp3) is 0.154. The third-order valence-electron chi connectivity index (χ3n) is 2.67. The average Bonchev–Trinajstić information content (AvgIpc) is 2.70. The Kier molecular flexibility index (Phi) is 4.09. The molecular weight excluding hydrogens is 318 g/mol. The molecule has 18 heavy (non-hydrogen) atoms. The van der Waals surface area contributed by atoms with Gasteiger partial charge in [-0.2, -0.15) is 0 Å². The van der Waals surface area contributed by atoms with Crippen molar-refractivity contribution in [2.75, 3.05) is 0 Å². The highest BCUT2D eigenvalue weighted by Crippen LogP contribution is 2.20. The Hall–Kier alpha value is -1.26. The molecule has 0 saturated heterocycles. The van der Waals surface area contributed by atoms with Gasteiger partial charge in [-0.3, -0.25) is 0 Å². The van der Waals surface area contributed by atoms with E-state index < -0.39 is 5.97 Å². The summed E-state index contributed by atoms with van der Waals surface area (Å²) in [6, 6.07) is 9.31. The Morgan fingerprint density at radius 1 is 1.28 bits per heavy atom. The molecule has 0 saturated carbocycles. The average molecular weight is 329 g/mol. The van der Waals surface area contributed by atoms with E-state index in [0.29, 0.717) is 0 Å². The molecular formula is C13H11BrClNO2. The van der Waals surface area contributed by atoms with Crippen molar-refractivity contribution in [3.63, 3.8) is 0 Å². The highest BCUT2D eigenvalue weighted by molar-refractivity contribution is 9.10. The predicted molar refractivity (Wildman–Crippen MR) is 74.3 cm³/mol. The Labute approximate surface area is 118 Å². The zero-order chi connectivity index (χ0) is 13.1. The molecule has 1 heterocycles. The molecule has 2 rings (SSSR count). The predicted octanol–water partition coefficient (Wildman–Crippen LogP) is 3.91. The Morgan fingerprint density at radius 3 is 2.50 bits per heavy atom. The summed E-state index contributed by atoms with van der Waals surface area (Å²) in [5.41, 5.74) is 2.33. The Bertz CT molecular complexity index is 563.